The second kappa shape index (κ2) is 11.4. The van der Waals surface area contributed by atoms with Gasteiger partial charge in [0.25, 0.3) is 0 Å². The Morgan fingerprint density at radius 1 is 0.793 bits per heavy atom. The van der Waals surface area contributed by atoms with E-state index in [-0.39, 0.29) is 5.92 Å². The molecule has 0 aliphatic heterocycles. The topological polar surface area (TPSA) is 18.5 Å². The Labute approximate surface area is 174 Å². The van der Waals surface area contributed by atoms with Gasteiger partial charge in [0, 0.05) is 20.1 Å². The fourth-order valence-corrected chi connectivity index (χ4v) is 3.81. The van der Waals surface area contributed by atoms with Crippen molar-refractivity contribution in [2.75, 3.05) is 14.2 Å². The molecule has 0 fully saturated rings. The second-order valence-corrected chi connectivity index (χ2v) is 7.78. The molecule has 1 atom stereocenters. The van der Waals surface area contributed by atoms with Gasteiger partial charge in [-0.1, -0.05) is 75.8 Å². The molecule has 2 rings (SSSR count). The van der Waals surface area contributed by atoms with Crippen molar-refractivity contribution in [3.8, 4) is 11.1 Å². The Balaban J connectivity index is 2.15. The summed E-state index contributed by atoms with van der Waals surface area (Å²) in [5.41, 5.74) is 2.63. The fraction of sp³-hybridized carbons (Fsp3) is 0.520. The summed E-state index contributed by atoms with van der Waals surface area (Å²) in [6.07, 6.45) is 8.37. The predicted octanol–water partition coefficient (Wildman–Crippen LogP) is 7.48. The minimum absolute atomic E-state index is 0.0858. The third kappa shape index (κ3) is 6.35. The number of rotatable bonds is 12. The van der Waals surface area contributed by atoms with Gasteiger partial charge in [-0.3, -0.25) is 0 Å². The Morgan fingerprint density at radius 3 is 1.97 bits per heavy atom. The first-order chi connectivity index (χ1) is 13.9. The Hall–Kier alpha value is -1.78. The zero-order valence-corrected chi connectivity index (χ0v) is 18.1. The van der Waals surface area contributed by atoms with Crippen LogP contribution < -0.4 is 0 Å². The molecule has 0 spiro atoms. The van der Waals surface area contributed by atoms with Crippen LogP contribution in [0.3, 0.4) is 0 Å². The van der Waals surface area contributed by atoms with Gasteiger partial charge in [0.15, 0.2) is 17.4 Å². The van der Waals surface area contributed by atoms with Crippen LogP contribution >= 0.6 is 0 Å². The first kappa shape index (κ1) is 23.5. The highest BCUT2D eigenvalue weighted by molar-refractivity contribution is 5.63. The number of unbranched alkanes of at least 4 members (excludes halogenated alkanes) is 5. The van der Waals surface area contributed by atoms with Crippen LogP contribution in [0.2, 0.25) is 0 Å². The van der Waals surface area contributed by atoms with Crippen LogP contribution in [0.15, 0.2) is 42.5 Å². The van der Waals surface area contributed by atoms with Crippen LogP contribution in [-0.4, -0.2) is 20.0 Å². The van der Waals surface area contributed by atoms with Gasteiger partial charge in [-0.05, 0) is 42.2 Å². The first-order valence-electron chi connectivity index (χ1n) is 10.6. The van der Waals surface area contributed by atoms with Crippen molar-refractivity contribution in [3.05, 3.63) is 59.7 Å². The van der Waals surface area contributed by atoms with Gasteiger partial charge >= 0.3 is 0 Å². The third-order valence-corrected chi connectivity index (χ3v) is 5.86. The van der Waals surface area contributed by atoms with Gasteiger partial charge in [0.1, 0.15) is 0 Å². The number of hydrogen-bond donors (Lipinski definition) is 0. The highest BCUT2D eigenvalue weighted by Crippen LogP contribution is 2.37. The maximum Gasteiger partial charge on any atom is 0.171 e. The molecule has 4 heteroatoms. The lowest BCUT2D eigenvalue weighted by atomic mass is 9.85. The van der Waals surface area contributed by atoms with Crippen molar-refractivity contribution in [3.63, 3.8) is 0 Å². The predicted molar refractivity (Wildman–Crippen MR) is 115 cm³/mol. The molecule has 2 aromatic carbocycles. The summed E-state index contributed by atoms with van der Waals surface area (Å²) in [6.45, 7) is 4.20. The van der Waals surface area contributed by atoms with E-state index in [0.717, 1.165) is 30.0 Å². The maximum atomic E-state index is 13.6. The highest BCUT2D eigenvalue weighted by Gasteiger charge is 2.35. The summed E-state index contributed by atoms with van der Waals surface area (Å²) in [5, 5.41) is 0. The molecule has 0 N–H and O–H groups in total. The van der Waals surface area contributed by atoms with E-state index in [1.54, 1.807) is 20.3 Å². The molecule has 0 aliphatic rings. The molecule has 0 saturated carbocycles. The third-order valence-electron chi connectivity index (χ3n) is 5.86. The molecule has 0 heterocycles. The summed E-state index contributed by atoms with van der Waals surface area (Å²) in [5.74, 6) is -2.30. The summed E-state index contributed by atoms with van der Waals surface area (Å²) in [4.78, 5) is 0. The molecule has 0 aromatic heterocycles. The van der Waals surface area contributed by atoms with E-state index >= 15 is 0 Å². The van der Waals surface area contributed by atoms with Gasteiger partial charge in [-0.25, -0.2) is 8.78 Å². The summed E-state index contributed by atoms with van der Waals surface area (Å²) in [7, 11) is 3.35. The van der Waals surface area contributed by atoms with Crippen LogP contribution in [0.5, 0.6) is 0 Å². The standard InChI is InChI=1S/C25H34F2O2/c1-5-6-7-8-9-10-11-22(25(2,28-3)29-4)20-14-12-19(13-15-20)21-16-17-23(26)24(27)18-21/h12-18,22H,5-11H2,1-4H3. The fourth-order valence-electron chi connectivity index (χ4n) is 3.81. The number of hydrogen-bond acceptors (Lipinski definition) is 2. The van der Waals surface area contributed by atoms with Crippen molar-refractivity contribution in [2.45, 2.75) is 70.5 Å². The van der Waals surface area contributed by atoms with Crippen molar-refractivity contribution < 1.29 is 18.3 Å². The van der Waals surface area contributed by atoms with Crippen LogP contribution in [0, 0.1) is 11.6 Å². The summed E-state index contributed by atoms with van der Waals surface area (Å²) in [6, 6.07) is 11.9. The number of methoxy groups -OCH3 is 2. The molecule has 0 saturated heterocycles. The molecular weight excluding hydrogens is 370 g/mol. The quantitative estimate of drug-likeness (QED) is 0.270. The van der Waals surface area contributed by atoms with Crippen molar-refractivity contribution in [2.24, 2.45) is 0 Å². The number of benzene rings is 2. The Morgan fingerprint density at radius 2 is 1.38 bits per heavy atom. The highest BCUT2D eigenvalue weighted by atomic mass is 19.2. The van der Waals surface area contributed by atoms with Crippen LogP contribution in [0.25, 0.3) is 11.1 Å². The lowest BCUT2D eigenvalue weighted by Gasteiger charge is -2.35. The van der Waals surface area contributed by atoms with Crippen LogP contribution in [-0.2, 0) is 9.47 Å². The molecule has 29 heavy (non-hydrogen) atoms. The van der Waals surface area contributed by atoms with Crippen molar-refractivity contribution >= 4 is 0 Å². The lowest BCUT2D eigenvalue weighted by Crippen LogP contribution is -2.37. The van der Waals surface area contributed by atoms with Gasteiger partial charge in [0.2, 0.25) is 0 Å². The van der Waals surface area contributed by atoms with E-state index < -0.39 is 17.4 Å². The number of ether oxygens (including phenoxy) is 2. The van der Waals surface area contributed by atoms with E-state index in [1.165, 1.54) is 38.2 Å². The van der Waals surface area contributed by atoms with Crippen LogP contribution in [0.1, 0.15) is 70.3 Å². The van der Waals surface area contributed by atoms with E-state index in [1.807, 2.05) is 31.2 Å². The van der Waals surface area contributed by atoms with E-state index in [2.05, 4.69) is 6.92 Å². The lowest BCUT2D eigenvalue weighted by molar-refractivity contribution is -0.210. The van der Waals surface area contributed by atoms with Gasteiger partial charge < -0.3 is 9.47 Å². The maximum absolute atomic E-state index is 13.6. The van der Waals surface area contributed by atoms with Crippen LogP contribution in [0.4, 0.5) is 8.78 Å². The summed E-state index contributed by atoms with van der Waals surface area (Å²) >= 11 is 0. The summed E-state index contributed by atoms with van der Waals surface area (Å²) < 4.78 is 38.2. The minimum atomic E-state index is -0.834. The normalized spacial score (nSPS) is 12.9. The Kier molecular flexibility index (Phi) is 9.25. The smallest absolute Gasteiger partial charge is 0.171 e. The average molecular weight is 405 g/mol. The van der Waals surface area contributed by atoms with Gasteiger partial charge in [-0.15, -0.1) is 0 Å². The molecule has 0 radical (unpaired) electrons. The largest absolute Gasteiger partial charge is 0.353 e. The van der Waals surface area contributed by atoms with Gasteiger partial charge in [-0.2, -0.15) is 0 Å². The molecule has 0 amide bonds. The molecular formula is C25H34F2O2. The first-order valence-corrected chi connectivity index (χ1v) is 10.6. The zero-order chi connectivity index (χ0) is 21.3. The monoisotopic (exact) mass is 404 g/mol. The average Bonchev–Trinajstić information content (AvgIpc) is 2.75. The SMILES string of the molecule is CCCCCCCCC(c1ccc(-c2ccc(F)c(F)c2)cc1)C(C)(OC)OC. The second-order valence-electron chi connectivity index (χ2n) is 7.78. The minimum Gasteiger partial charge on any atom is -0.353 e. The van der Waals surface area contributed by atoms with E-state index in [9.17, 15) is 8.78 Å². The molecule has 2 aromatic rings. The molecule has 2 nitrogen and oxygen atoms in total. The van der Waals surface area contributed by atoms with E-state index in [4.69, 9.17) is 9.47 Å². The van der Waals surface area contributed by atoms with Crippen molar-refractivity contribution in [1.82, 2.24) is 0 Å². The molecule has 160 valence electrons. The molecule has 0 aliphatic carbocycles. The Bertz CT molecular complexity index is 739. The zero-order valence-electron chi connectivity index (χ0n) is 18.1. The van der Waals surface area contributed by atoms with E-state index in [0.29, 0.717) is 5.56 Å². The molecule has 1 unspecified atom stereocenters. The number of halogens is 2. The molecule has 0 bridgehead atoms. The van der Waals surface area contributed by atoms with Crippen molar-refractivity contribution in [1.29, 1.82) is 0 Å². The van der Waals surface area contributed by atoms with Gasteiger partial charge in [0.05, 0.1) is 0 Å².